The van der Waals surface area contributed by atoms with Gasteiger partial charge in [0.1, 0.15) is 17.9 Å². The molecule has 0 bridgehead atoms. The van der Waals surface area contributed by atoms with Gasteiger partial charge in [0.15, 0.2) is 0 Å². The van der Waals surface area contributed by atoms with Crippen molar-refractivity contribution in [2.45, 2.75) is 39.2 Å². The minimum absolute atomic E-state index is 0.189. The zero-order valence-electron chi connectivity index (χ0n) is 11.1. The third-order valence-corrected chi connectivity index (χ3v) is 2.90. The Kier molecular flexibility index (Phi) is 4.78. The van der Waals surface area contributed by atoms with Crippen molar-refractivity contribution in [1.29, 1.82) is 0 Å². The number of aryl methyl sites for hydroxylation is 2. The van der Waals surface area contributed by atoms with Crippen LogP contribution in [-0.4, -0.2) is 25.5 Å². The van der Waals surface area contributed by atoms with Gasteiger partial charge in [0, 0.05) is 25.4 Å². The highest BCUT2D eigenvalue weighted by atomic mass is 16.1. The molecule has 0 fully saturated rings. The number of nitrogens with zero attached hydrogens (tertiary/aromatic N) is 4. The highest BCUT2D eigenvalue weighted by molar-refractivity contribution is 5.80. The predicted octanol–water partition coefficient (Wildman–Crippen LogP) is 1.83. The summed E-state index contributed by atoms with van der Waals surface area (Å²) >= 11 is 0. The van der Waals surface area contributed by atoms with E-state index in [1.165, 1.54) is 6.33 Å². The van der Waals surface area contributed by atoms with Gasteiger partial charge in [-0.3, -0.25) is 9.78 Å². The Labute approximate surface area is 112 Å². The Morgan fingerprint density at radius 1 is 1.42 bits per heavy atom. The van der Waals surface area contributed by atoms with E-state index >= 15 is 0 Å². The highest BCUT2D eigenvalue weighted by Gasteiger charge is 2.10. The van der Waals surface area contributed by atoms with E-state index in [4.69, 9.17) is 0 Å². The molecule has 19 heavy (non-hydrogen) atoms. The van der Waals surface area contributed by atoms with Crippen molar-refractivity contribution in [3.05, 3.63) is 42.2 Å². The van der Waals surface area contributed by atoms with Crippen LogP contribution >= 0.6 is 0 Å². The maximum atomic E-state index is 11.9. The second-order valence-electron chi connectivity index (χ2n) is 4.48. The average molecular weight is 258 g/mol. The Balaban J connectivity index is 1.85. The molecule has 0 aliphatic heterocycles. The van der Waals surface area contributed by atoms with Crippen molar-refractivity contribution < 1.29 is 4.79 Å². The number of Topliss-reactive ketones (excluding diaryl/α,β-unsaturated/α-hetero) is 1. The van der Waals surface area contributed by atoms with E-state index < -0.39 is 0 Å². The molecule has 0 radical (unpaired) electrons. The van der Waals surface area contributed by atoms with Gasteiger partial charge in [-0.05, 0) is 24.5 Å². The summed E-state index contributed by atoms with van der Waals surface area (Å²) < 4.78 is 1.81. The molecule has 0 saturated heterocycles. The molecule has 0 saturated carbocycles. The molecule has 0 atom stereocenters. The number of pyridine rings is 1. The lowest BCUT2D eigenvalue weighted by Crippen LogP contribution is -2.12. The van der Waals surface area contributed by atoms with Crippen LogP contribution in [0.5, 0.6) is 0 Å². The second kappa shape index (κ2) is 6.78. The topological polar surface area (TPSA) is 60.7 Å². The molecule has 0 aliphatic rings. The molecule has 5 nitrogen and oxygen atoms in total. The van der Waals surface area contributed by atoms with Gasteiger partial charge in [-0.1, -0.05) is 13.0 Å². The SMILES string of the molecule is CCCn1ncnc1CC(=O)CCc1cccnc1. The van der Waals surface area contributed by atoms with Crippen LogP contribution in [0.2, 0.25) is 0 Å². The monoisotopic (exact) mass is 258 g/mol. The number of carbonyl (C=O) groups is 1. The predicted molar refractivity (Wildman–Crippen MR) is 71.6 cm³/mol. The van der Waals surface area contributed by atoms with E-state index in [1.807, 2.05) is 16.8 Å². The minimum Gasteiger partial charge on any atom is -0.299 e. The van der Waals surface area contributed by atoms with E-state index in [2.05, 4.69) is 22.0 Å². The summed E-state index contributed by atoms with van der Waals surface area (Å²) in [6.07, 6.45) is 7.64. The minimum atomic E-state index is 0.189. The van der Waals surface area contributed by atoms with Crippen molar-refractivity contribution in [2.24, 2.45) is 0 Å². The van der Waals surface area contributed by atoms with E-state index in [-0.39, 0.29) is 5.78 Å². The lowest BCUT2D eigenvalue weighted by atomic mass is 10.1. The largest absolute Gasteiger partial charge is 0.299 e. The molecule has 5 heteroatoms. The van der Waals surface area contributed by atoms with Gasteiger partial charge in [0.05, 0.1) is 6.42 Å². The van der Waals surface area contributed by atoms with Gasteiger partial charge in [0.2, 0.25) is 0 Å². The first-order valence-electron chi connectivity index (χ1n) is 6.57. The van der Waals surface area contributed by atoms with Crippen LogP contribution in [-0.2, 0) is 24.2 Å². The molecule has 0 amide bonds. The molecule has 0 spiro atoms. The van der Waals surface area contributed by atoms with Gasteiger partial charge >= 0.3 is 0 Å². The van der Waals surface area contributed by atoms with Crippen molar-refractivity contribution in [1.82, 2.24) is 19.7 Å². The van der Waals surface area contributed by atoms with Crippen molar-refractivity contribution >= 4 is 5.78 Å². The first kappa shape index (κ1) is 13.4. The fraction of sp³-hybridized carbons (Fsp3) is 0.429. The first-order valence-corrected chi connectivity index (χ1v) is 6.57. The molecule has 2 rings (SSSR count). The van der Waals surface area contributed by atoms with E-state index in [9.17, 15) is 4.79 Å². The normalized spacial score (nSPS) is 10.6. The fourth-order valence-electron chi connectivity index (χ4n) is 1.92. The standard InChI is InChI=1S/C14H18N4O/c1-2-8-18-14(16-11-17-18)9-13(19)6-5-12-4-3-7-15-10-12/h3-4,7,10-11H,2,5-6,8-9H2,1H3. The van der Waals surface area contributed by atoms with Crippen LogP contribution in [0.4, 0.5) is 0 Å². The summed E-state index contributed by atoms with van der Waals surface area (Å²) in [5.74, 6) is 0.951. The Morgan fingerprint density at radius 2 is 2.32 bits per heavy atom. The Hall–Kier alpha value is -2.04. The lowest BCUT2D eigenvalue weighted by molar-refractivity contribution is -0.118. The number of hydrogen-bond donors (Lipinski definition) is 0. The summed E-state index contributed by atoms with van der Waals surface area (Å²) in [5.41, 5.74) is 1.09. The number of aromatic nitrogens is 4. The summed E-state index contributed by atoms with van der Waals surface area (Å²) in [6, 6.07) is 3.87. The van der Waals surface area contributed by atoms with E-state index in [1.54, 1.807) is 12.4 Å². The second-order valence-corrected chi connectivity index (χ2v) is 4.48. The summed E-state index contributed by atoms with van der Waals surface area (Å²) in [6.45, 7) is 2.89. The van der Waals surface area contributed by atoms with Crippen LogP contribution in [0.25, 0.3) is 0 Å². The summed E-state index contributed by atoms with van der Waals surface area (Å²) in [7, 11) is 0. The third-order valence-electron chi connectivity index (χ3n) is 2.90. The number of hydrogen-bond acceptors (Lipinski definition) is 4. The number of ketones is 1. The van der Waals surface area contributed by atoms with Gasteiger partial charge in [0.25, 0.3) is 0 Å². The highest BCUT2D eigenvalue weighted by Crippen LogP contribution is 2.04. The molecule has 2 heterocycles. The van der Waals surface area contributed by atoms with Crippen LogP contribution in [0.1, 0.15) is 31.2 Å². The molecule has 2 aromatic heterocycles. The first-order chi connectivity index (χ1) is 9.29. The quantitative estimate of drug-likeness (QED) is 0.760. The van der Waals surface area contributed by atoms with Crippen LogP contribution in [0.3, 0.4) is 0 Å². The third kappa shape index (κ3) is 3.98. The fourth-order valence-corrected chi connectivity index (χ4v) is 1.92. The van der Waals surface area contributed by atoms with E-state index in [0.717, 1.165) is 30.8 Å². The van der Waals surface area contributed by atoms with Gasteiger partial charge in [-0.15, -0.1) is 0 Å². The zero-order valence-corrected chi connectivity index (χ0v) is 11.1. The summed E-state index contributed by atoms with van der Waals surface area (Å²) in [5, 5.41) is 4.12. The Bertz CT molecular complexity index is 521. The molecule has 2 aromatic rings. The van der Waals surface area contributed by atoms with Crippen molar-refractivity contribution in [3.63, 3.8) is 0 Å². The number of carbonyl (C=O) groups excluding carboxylic acids is 1. The molecule has 0 unspecified atom stereocenters. The maximum Gasteiger partial charge on any atom is 0.140 e. The van der Waals surface area contributed by atoms with Gasteiger partial charge < -0.3 is 0 Å². The molecule has 100 valence electrons. The molecular formula is C14H18N4O. The van der Waals surface area contributed by atoms with Gasteiger partial charge in [-0.25, -0.2) is 9.67 Å². The van der Waals surface area contributed by atoms with Crippen LogP contribution in [0.15, 0.2) is 30.9 Å². The maximum absolute atomic E-state index is 11.9. The van der Waals surface area contributed by atoms with Gasteiger partial charge in [-0.2, -0.15) is 5.10 Å². The molecule has 0 N–H and O–H groups in total. The van der Waals surface area contributed by atoms with Crippen molar-refractivity contribution in [2.75, 3.05) is 0 Å². The zero-order chi connectivity index (χ0) is 13.5. The van der Waals surface area contributed by atoms with Crippen molar-refractivity contribution in [3.8, 4) is 0 Å². The smallest absolute Gasteiger partial charge is 0.140 e. The Morgan fingerprint density at radius 3 is 3.05 bits per heavy atom. The van der Waals surface area contributed by atoms with Crippen LogP contribution < -0.4 is 0 Å². The lowest BCUT2D eigenvalue weighted by Gasteiger charge is -2.04. The van der Waals surface area contributed by atoms with E-state index in [0.29, 0.717) is 12.8 Å². The molecule has 0 aromatic carbocycles. The molecular weight excluding hydrogens is 240 g/mol. The number of rotatable bonds is 7. The average Bonchev–Trinajstić information content (AvgIpc) is 2.85. The van der Waals surface area contributed by atoms with Crippen LogP contribution in [0, 0.1) is 0 Å². The molecule has 0 aliphatic carbocycles. The summed E-state index contributed by atoms with van der Waals surface area (Å²) in [4.78, 5) is 20.1.